The van der Waals surface area contributed by atoms with Gasteiger partial charge in [-0.3, -0.25) is 9.67 Å². The number of hydrogen-bond donors (Lipinski definition) is 0. The Morgan fingerprint density at radius 2 is 2.22 bits per heavy atom. The van der Waals surface area contributed by atoms with Crippen molar-refractivity contribution in [1.82, 2.24) is 14.8 Å². The molecule has 2 aromatic rings. The third kappa shape index (κ3) is 2.48. The van der Waals surface area contributed by atoms with Gasteiger partial charge in [0.1, 0.15) is 5.82 Å². The first-order chi connectivity index (χ1) is 8.63. The van der Waals surface area contributed by atoms with Gasteiger partial charge < -0.3 is 4.90 Å². The van der Waals surface area contributed by atoms with Crippen molar-refractivity contribution in [1.29, 1.82) is 0 Å². The monoisotopic (exact) mass is 264 g/mol. The zero-order valence-corrected chi connectivity index (χ0v) is 11.6. The molecule has 0 unspecified atom stereocenters. The van der Waals surface area contributed by atoms with Gasteiger partial charge in [0.05, 0.1) is 11.6 Å². The van der Waals surface area contributed by atoms with Crippen LogP contribution in [0.1, 0.15) is 16.8 Å². The summed E-state index contributed by atoms with van der Waals surface area (Å²) in [5, 5.41) is 4.42. The third-order valence-corrected chi connectivity index (χ3v) is 3.22. The number of nitrogens with zero attached hydrogens (tertiary/aromatic N) is 4. The largest absolute Gasteiger partial charge is 0.355 e. The Labute approximate surface area is 112 Å². The molecular weight excluding hydrogens is 248 g/mol. The zero-order valence-electron chi connectivity index (χ0n) is 10.9. The van der Waals surface area contributed by atoms with E-state index in [-0.39, 0.29) is 0 Å². The zero-order chi connectivity index (χ0) is 13.1. The van der Waals surface area contributed by atoms with Crippen LogP contribution < -0.4 is 4.90 Å². The summed E-state index contributed by atoms with van der Waals surface area (Å²) in [7, 11) is 3.98. The Bertz CT molecular complexity index is 521. The standard InChI is InChI=1S/C13H17ClN4/c1-10-12(7-14)13(18(3)16-10)17(2)9-11-5-4-6-15-8-11/h4-6,8H,7,9H2,1-3H3. The lowest BCUT2D eigenvalue weighted by molar-refractivity contribution is 0.725. The minimum Gasteiger partial charge on any atom is -0.355 e. The van der Waals surface area contributed by atoms with Crippen molar-refractivity contribution < 1.29 is 0 Å². The van der Waals surface area contributed by atoms with Crippen molar-refractivity contribution in [2.24, 2.45) is 7.05 Å². The van der Waals surface area contributed by atoms with Crippen LogP contribution in [0.2, 0.25) is 0 Å². The van der Waals surface area contributed by atoms with Gasteiger partial charge in [0.15, 0.2) is 0 Å². The second-order valence-corrected chi connectivity index (χ2v) is 4.63. The number of pyridine rings is 1. The van der Waals surface area contributed by atoms with Crippen LogP contribution in [0, 0.1) is 6.92 Å². The lowest BCUT2D eigenvalue weighted by Crippen LogP contribution is -2.20. The van der Waals surface area contributed by atoms with Crippen LogP contribution in [-0.2, 0) is 19.5 Å². The molecule has 0 spiro atoms. The molecule has 0 fully saturated rings. The van der Waals surface area contributed by atoms with Gasteiger partial charge >= 0.3 is 0 Å². The number of halogens is 1. The summed E-state index contributed by atoms with van der Waals surface area (Å²) in [5.41, 5.74) is 3.24. The molecule has 0 aromatic carbocycles. The van der Waals surface area contributed by atoms with E-state index >= 15 is 0 Å². The summed E-state index contributed by atoms with van der Waals surface area (Å²) in [5.74, 6) is 1.54. The molecule has 2 rings (SSSR count). The molecule has 2 heterocycles. The van der Waals surface area contributed by atoms with Gasteiger partial charge in [0, 0.05) is 38.6 Å². The van der Waals surface area contributed by atoms with E-state index in [0.29, 0.717) is 5.88 Å². The predicted molar refractivity (Wildman–Crippen MR) is 73.8 cm³/mol. The first-order valence-corrected chi connectivity index (χ1v) is 6.35. The van der Waals surface area contributed by atoms with E-state index in [0.717, 1.165) is 23.6 Å². The predicted octanol–water partition coefficient (Wildman–Crippen LogP) is 2.50. The van der Waals surface area contributed by atoms with Gasteiger partial charge in [-0.15, -0.1) is 11.6 Å². The molecule has 0 aliphatic heterocycles. The van der Waals surface area contributed by atoms with E-state index in [2.05, 4.69) is 21.0 Å². The second-order valence-electron chi connectivity index (χ2n) is 4.36. The molecule has 0 saturated heterocycles. The van der Waals surface area contributed by atoms with E-state index < -0.39 is 0 Å². The fourth-order valence-corrected chi connectivity index (χ4v) is 2.48. The van der Waals surface area contributed by atoms with Crippen LogP contribution in [0.25, 0.3) is 0 Å². The van der Waals surface area contributed by atoms with Crippen LogP contribution in [0.5, 0.6) is 0 Å². The van der Waals surface area contributed by atoms with Gasteiger partial charge in [-0.05, 0) is 18.6 Å². The third-order valence-electron chi connectivity index (χ3n) is 2.95. The Morgan fingerprint density at radius 3 is 2.83 bits per heavy atom. The summed E-state index contributed by atoms with van der Waals surface area (Å²) in [6, 6.07) is 4.01. The highest BCUT2D eigenvalue weighted by Crippen LogP contribution is 2.24. The fraction of sp³-hybridized carbons (Fsp3) is 0.385. The number of hydrogen-bond acceptors (Lipinski definition) is 3. The maximum Gasteiger partial charge on any atom is 0.131 e. The second kappa shape index (κ2) is 5.40. The highest BCUT2D eigenvalue weighted by atomic mass is 35.5. The molecule has 4 nitrogen and oxygen atoms in total. The number of aryl methyl sites for hydroxylation is 2. The molecule has 0 radical (unpaired) electrons. The highest BCUT2D eigenvalue weighted by Gasteiger charge is 2.16. The van der Waals surface area contributed by atoms with Crippen molar-refractivity contribution in [3.63, 3.8) is 0 Å². The van der Waals surface area contributed by atoms with Gasteiger partial charge in [-0.1, -0.05) is 6.07 Å². The highest BCUT2D eigenvalue weighted by molar-refractivity contribution is 6.17. The molecule has 96 valence electrons. The van der Waals surface area contributed by atoms with E-state index in [1.807, 2.05) is 38.0 Å². The molecular formula is C13H17ClN4. The number of anilines is 1. The quantitative estimate of drug-likeness (QED) is 0.796. The van der Waals surface area contributed by atoms with E-state index in [4.69, 9.17) is 11.6 Å². The molecule has 18 heavy (non-hydrogen) atoms. The Balaban J connectivity index is 2.26. The SMILES string of the molecule is Cc1nn(C)c(N(C)Cc2cccnc2)c1CCl. The summed E-state index contributed by atoms with van der Waals surface area (Å²) in [4.78, 5) is 6.27. The normalized spacial score (nSPS) is 10.7. The fourth-order valence-electron chi connectivity index (χ4n) is 2.16. The number of rotatable bonds is 4. The first kappa shape index (κ1) is 12.9. The summed E-state index contributed by atoms with van der Waals surface area (Å²) < 4.78 is 1.88. The van der Waals surface area contributed by atoms with Crippen LogP contribution in [0.4, 0.5) is 5.82 Å². The molecule has 0 aliphatic rings. The van der Waals surface area contributed by atoms with Crippen molar-refractivity contribution in [3.8, 4) is 0 Å². The lowest BCUT2D eigenvalue weighted by atomic mass is 10.2. The first-order valence-electron chi connectivity index (χ1n) is 5.82. The summed E-state index contributed by atoms with van der Waals surface area (Å²) in [6.07, 6.45) is 3.65. The Kier molecular flexibility index (Phi) is 3.87. The number of alkyl halides is 1. The summed E-state index contributed by atoms with van der Waals surface area (Å²) in [6.45, 7) is 2.77. The van der Waals surface area contributed by atoms with Crippen molar-refractivity contribution in [3.05, 3.63) is 41.3 Å². The van der Waals surface area contributed by atoms with Crippen LogP contribution in [0.3, 0.4) is 0 Å². The summed E-state index contributed by atoms with van der Waals surface area (Å²) >= 11 is 6.01. The van der Waals surface area contributed by atoms with Crippen molar-refractivity contribution in [2.45, 2.75) is 19.3 Å². The average molecular weight is 265 g/mol. The molecule has 0 amide bonds. The van der Waals surface area contributed by atoms with Crippen molar-refractivity contribution >= 4 is 17.4 Å². The van der Waals surface area contributed by atoms with Gasteiger partial charge in [-0.2, -0.15) is 5.10 Å². The smallest absolute Gasteiger partial charge is 0.131 e. The number of aromatic nitrogens is 3. The molecule has 0 N–H and O–H groups in total. The maximum absolute atomic E-state index is 6.01. The van der Waals surface area contributed by atoms with Gasteiger partial charge in [0.2, 0.25) is 0 Å². The molecule has 2 aromatic heterocycles. The Morgan fingerprint density at radius 1 is 1.44 bits per heavy atom. The average Bonchev–Trinajstić information content (AvgIpc) is 2.64. The van der Waals surface area contributed by atoms with Gasteiger partial charge in [-0.25, -0.2) is 0 Å². The Hall–Kier alpha value is -1.55. The molecule has 0 atom stereocenters. The molecule has 0 saturated carbocycles. The van der Waals surface area contributed by atoms with Crippen LogP contribution >= 0.6 is 11.6 Å². The molecule has 5 heteroatoms. The van der Waals surface area contributed by atoms with Gasteiger partial charge in [0.25, 0.3) is 0 Å². The molecule has 0 aliphatic carbocycles. The topological polar surface area (TPSA) is 34.0 Å². The van der Waals surface area contributed by atoms with Crippen LogP contribution in [0.15, 0.2) is 24.5 Å². The maximum atomic E-state index is 6.01. The van der Waals surface area contributed by atoms with Crippen LogP contribution in [-0.4, -0.2) is 21.8 Å². The lowest BCUT2D eigenvalue weighted by Gasteiger charge is -2.20. The minimum absolute atomic E-state index is 0.479. The van der Waals surface area contributed by atoms with Crippen molar-refractivity contribution in [2.75, 3.05) is 11.9 Å². The van der Waals surface area contributed by atoms with E-state index in [1.165, 1.54) is 5.56 Å². The molecule has 0 bridgehead atoms. The van der Waals surface area contributed by atoms with E-state index in [1.54, 1.807) is 6.20 Å². The van der Waals surface area contributed by atoms with E-state index in [9.17, 15) is 0 Å². The minimum atomic E-state index is 0.479.